The maximum absolute atomic E-state index is 13.4. The maximum Gasteiger partial charge on any atom is 0.255 e. The van der Waals surface area contributed by atoms with Crippen molar-refractivity contribution in [2.75, 3.05) is 13.1 Å². The van der Waals surface area contributed by atoms with Crippen molar-refractivity contribution >= 4 is 34.7 Å². The summed E-state index contributed by atoms with van der Waals surface area (Å²) in [4.78, 5) is 14.4. The van der Waals surface area contributed by atoms with Gasteiger partial charge in [0.1, 0.15) is 5.82 Å². The largest absolute Gasteiger partial charge is 0.393 e. The van der Waals surface area contributed by atoms with Crippen LogP contribution in [-0.2, 0) is 0 Å². The molecule has 0 aliphatic carbocycles. The first-order valence-electron chi connectivity index (χ1n) is 6.34. The highest BCUT2D eigenvalue weighted by Gasteiger charge is 2.20. The van der Waals surface area contributed by atoms with Gasteiger partial charge >= 0.3 is 0 Å². The van der Waals surface area contributed by atoms with Crippen molar-refractivity contribution in [2.45, 2.75) is 20.3 Å². The molecule has 0 aromatic heterocycles. The number of carbonyl (C=O) groups is 1. The van der Waals surface area contributed by atoms with E-state index in [1.54, 1.807) is 4.90 Å². The molecule has 1 aromatic rings. The molecule has 0 saturated heterocycles. The second kappa shape index (κ2) is 7.55. The maximum atomic E-state index is 13.4. The fourth-order valence-corrected chi connectivity index (χ4v) is 2.10. The molecule has 0 spiro atoms. The average molecular weight is 317 g/mol. The minimum absolute atomic E-state index is 0.151. The van der Waals surface area contributed by atoms with Crippen LogP contribution >= 0.6 is 23.8 Å². The van der Waals surface area contributed by atoms with E-state index in [-0.39, 0.29) is 22.4 Å². The number of carbonyl (C=O) groups excluding carboxylic acids is 1. The molecule has 1 rings (SSSR count). The SMILES string of the molecule is CC(C)CN(CCC(N)=S)C(=O)c1cccc(F)c1Cl. The zero-order chi connectivity index (χ0) is 15.3. The minimum Gasteiger partial charge on any atom is -0.393 e. The van der Waals surface area contributed by atoms with Crippen molar-refractivity contribution < 1.29 is 9.18 Å². The lowest BCUT2D eigenvalue weighted by molar-refractivity contribution is 0.0741. The average Bonchev–Trinajstić information content (AvgIpc) is 2.36. The van der Waals surface area contributed by atoms with Gasteiger partial charge in [0.15, 0.2) is 0 Å². The molecule has 6 heteroatoms. The summed E-state index contributed by atoms with van der Waals surface area (Å²) < 4.78 is 13.4. The number of thiocarbonyl (C=S) groups is 1. The van der Waals surface area contributed by atoms with E-state index in [2.05, 4.69) is 0 Å². The fourth-order valence-electron chi connectivity index (χ4n) is 1.80. The van der Waals surface area contributed by atoms with Gasteiger partial charge in [0, 0.05) is 19.5 Å². The van der Waals surface area contributed by atoms with Crippen LogP contribution in [-0.4, -0.2) is 28.9 Å². The van der Waals surface area contributed by atoms with E-state index >= 15 is 0 Å². The second-order valence-corrected chi connectivity index (χ2v) is 5.87. The first-order chi connectivity index (χ1) is 9.32. The Morgan fingerprint density at radius 3 is 2.70 bits per heavy atom. The molecular weight excluding hydrogens is 299 g/mol. The van der Waals surface area contributed by atoms with Crippen molar-refractivity contribution in [1.82, 2.24) is 4.90 Å². The van der Waals surface area contributed by atoms with Gasteiger partial charge in [-0.1, -0.05) is 43.7 Å². The molecule has 2 N–H and O–H groups in total. The Morgan fingerprint density at radius 2 is 2.15 bits per heavy atom. The molecule has 0 aliphatic heterocycles. The van der Waals surface area contributed by atoms with Crippen LogP contribution in [0.4, 0.5) is 4.39 Å². The molecule has 0 heterocycles. The van der Waals surface area contributed by atoms with Gasteiger partial charge in [-0.2, -0.15) is 0 Å². The highest BCUT2D eigenvalue weighted by molar-refractivity contribution is 7.80. The van der Waals surface area contributed by atoms with Gasteiger partial charge < -0.3 is 10.6 Å². The van der Waals surface area contributed by atoms with E-state index in [4.69, 9.17) is 29.6 Å². The van der Waals surface area contributed by atoms with Gasteiger partial charge in [0.25, 0.3) is 5.91 Å². The third-order valence-electron chi connectivity index (χ3n) is 2.68. The van der Waals surface area contributed by atoms with Gasteiger partial charge in [0.2, 0.25) is 0 Å². The van der Waals surface area contributed by atoms with E-state index in [0.717, 1.165) is 0 Å². The monoisotopic (exact) mass is 316 g/mol. The molecule has 0 aliphatic rings. The van der Waals surface area contributed by atoms with Crippen molar-refractivity contribution in [1.29, 1.82) is 0 Å². The summed E-state index contributed by atoms with van der Waals surface area (Å²) in [6.07, 6.45) is 0.431. The van der Waals surface area contributed by atoms with Crippen LogP contribution in [0.1, 0.15) is 30.6 Å². The summed E-state index contributed by atoms with van der Waals surface area (Å²) in [5, 5.41) is -0.151. The normalized spacial score (nSPS) is 10.7. The van der Waals surface area contributed by atoms with E-state index in [9.17, 15) is 9.18 Å². The molecule has 0 atom stereocenters. The zero-order valence-electron chi connectivity index (χ0n) is 11.5. The number of benzene rings is 1. The molecule has 0 fully saturated rings. The summed E-state index contributed by atoms with van der Waals surface area (Å²) in [7, 11) is 0. The highest BCUT2D eigenvalue weighted by atomic mass is 35.5. The Kier molecular flexibility index (Phi) is 6.36. The van der Waals surface area contributed by atoms with Crippen LogP contribution in [0.3, 0.4) is 0 Å². The van der Waals surface area contributed by atoms with E-state index < -0.39 is 5.82 Å². The highest BCUT2D eigenvalue weighted by Crippen LogP contribution is 2.21. The van der Waals surface area contributed by atoms with Gasteiger partial charge in [0.05, 0.1) is 15.6 Å². The third kappa shape index (κ3) is 4.72. The van der Waals surface area contributed by atoms with E-state index in [0.29, 0.717) is 24.5 Å². The van der Waals surface area contributed by atoms with Crippen LogP contribution in [0.25, 0.3) is 0 Å². The number of nitrogens with zero attached hydrogens (tertiary/aromatic N) is 1. The smallest absolute Gasteiger partial charge is 0.255 e. The molecule has 1 amide bonds. The van der Waals surface area contributed by atoms with E-state index in [1.165, 1.54) is 18.2 Å². The van der Waals surface area contributed by atoms with Crippen LogP contribution in [0.5, 0.6) is 0 Å². The van der Waals surface area contributed by atoms with Gasteiger partial charge in [-0.3, -0.25) is 4.79 Å². The van der Waals surface area contributed by atoms with Crippen LogP contribution in [0.15, 0.2) is 18.2 Å². The third-order valence-corrected chi connectivity index (χ3v) is 3.27. The van der Waals surface area contributed by atoms with Crippen molar-refractivity contribution in [3.05, 3.63) is 34.6 Å². The summed E-state index contributed by atoms with van der Waals surface area (Å²) in [5.74, 6) is -0.631. The molecule has 3 nitrogen and oxygen atoms in total. The lowest BCUT2D eigenvalue weighted by Crippen LogP contribution is -2.36. The van der Waals surface area contributed by atoms with E-state index in [1.807, 2.05) is 13.8 Å². The predicted molar refractivity (Wildman–Crippen MR) is 83.6 cm³/mol. The standard InChI is InChI=1S/C14H18ClFN2OS/c1-9(2)8-18(7-6-12(17)20)14(19)10-4-3-5-11(16)13(10)15/h3-5,9H,6-8H2,1-2H3,(H2,17,20). The Bertz CT molecular complexity index is 508. The molecule has 0 unspecified atom stereocenters. The first-order valence-corrected chi connectivity index (χ1v) is 7.13. The zero-order valence-corrected chi connectivity index (χ0v) is 13.1. The Labute approximate surface area is 128 Å². The van der Waals surface area contributed by atoms with Crippen molar-refractivity contribution in [2.24, 2.45) is 11.7 Å². The van der Waals surface area contributed by atoms with Gasteiger partial charge in [-0.25, -0.2) is 4.39 Å². The fraction of sp³-hybridized carbons (Fsp3) is 0.429. The van der Waals surface area contributed by atoms with Crippen LogP contribution in [0.2, 0.25) is 5.02 Å². The quantitative estimate of drug-likeness (QED) is 0.819. The predicted octanol–water partition coefficient (Wildman–Crippen LogP) is 3.25. The molecule has 0 bridgehead atoms. The molecule has 110 valence electrons. The van der Waals surface area contributed by atoms with Crippen LogP contribution in [0, 0.1) is 11.7 Å². The molecule has 0 radical (unpaired) electrons. The number of amides is 1. The Hall–Kier alpha value is -1.20. The summed E-state index contributed by atoms with van der Waals surface area (Å²) >= 11 is 10.7. The molecule has 0 saturated carbocycles. The summed E-state index contributed by atoms with van der Waals surface area (Å²) in [5.41, 5.74) is 5.63. The second-order valence-electron chi connectivity index (χ2n) is 4.96. The molecular formula is C14H18ClFN2OS. The number of hydrogen-bond donors (Lipinski definition) is 1. The molecule has 1 aromatic carbocycles. The van der Waals surface area contributed by atoms with Crippen molar-refractivity contribution in [3.63, 3.8) is 0 Å². The number of nitrogens with two attached hydrogens (primary N) is 1. The topological polar surface area (TPSA) is 46.3 Å². The Balaban J connectivity index is 2.96. The van der Waals surface area contributed by atoms with Gasteiger partial charge in [-0.05, 0) is 18.1 Å². The minimum atomic E-state index is -0.601. The molecule has 20 heavy (non-hydrogen) atoms. The number of halogens is 2. The summed E-state index contributed by atoms with van der Waals surface area (Å²) in [6.45, 7) is 4.93. The number of hydrogen-bond acceptors (Lipinski definition) is 2. The lowest BCUT2D eigenvalue weighted by atomic mass is 10.1. The lowest BCUT2D eigenvalue weighted by Gasteiger charge is -2.25. The first kappa shape index (κ1) is 16.9. The number of rotatable bonds is 6. The van der Waals surface area contributed by atoms with Gasteiger partial charge in [-0.15, -0.1) is 0 Å². The summed E-state index contributed by atoms with van der Waals surface area (Å²) in [6, 6.07) is 4.21. The van der Waals surface area contributed by atoms with Crippen LogP contribution < -0.4 is 5.73 Å². The van der Waals surface area contributed by atoms with Crippen molar-refractivity contribution in [3.8, 4) is 0 Å². The Morgan fingerprint density at radius 1 is 1.50 bits per heavy atom.